The van der Waals surface area contributed by atoms with Crippen molar-refractivity contribution in [2.45, 2.75) is 26.3 Å². The number of piperazine rings is 1. The second-order valence-electron chi connectivity index (χ2n) is 6.46. The van der Waals surface area contributed by atoms with E-state index in [0.717, 1.165) is 49.7 Å². The Balaban J connectivity index is 0.00000364. The van der Waals surface area contributed by atoms with Crippen molar-refractivity contribution in [1.82, 2.24) is 15.5 Å². The number of carbonyl (C=O) groups excluding carboxylic acids is 1. The maximum Gasteiger partial charge on any atom is 0.239 e. The number of carbonyl (C=O) groups is 1. The van der Waals surface area contributed by atoms with E-state index < -0.39 is 0 Å². The zero-order valence-corrected chi connectivity index (χ0v) is 18.7. The Kier molecular flexibility index (Phi) is 10.8. The van der Waals surface area contributed by atoms with Crippen molar-refractivity contribution in [3.05, 3.63) is 42.5 Å². The van der Waals surface area contributed by atoms with Crippen LogP contribution in [0.3, 0.4) is 0 Å². The molecule has 0 aromatic heterocycles. The molecule has 1 fully saturated rings. The Labute approximate surface area is 180 Å². The van der Waals surface area contributed by atoms with Gasteiger partial charge in [-0.25, -0.2) is 4.99 Å². The Bertz CT molecular complexity index is 617. The zero-order valence-electron chi connectivity index (χ0n) is 16.4. The van der Waals surface area contributed by atoms with Crippen LogP contribution in [0.15, 0.2) is 41.9 Å². The minimum absolute atomic E-state index is 0. The van der Waals surface area contributed by atoms with Crippen LogP contribution < -0.4 is 15.5 Å². The SMILES string of the molecule is C=CCCCN(C)C(=NCc1ccc(N2CCNC(=O)C2)cc1)NCC.I. The van der Waals surface area contributed by atoms with Gasteiger partial charge in [-0.3, -0.25) is 4.79 Å². The highest BCUT2D eigenvalue weighted by Crippen LogP contribution is 2.16. The third-order valence-electron chi connectivity index (χ3n) is 4.35. The summed E-state index contributed by atoms with van der Waals surface area (Å²) in [5, 5.41) is 6.20. The fourth-order valence-corrected chi connectivity index (χ4v) is 2.89. The predicted octanol–water partition coefficient (Wildman–Crippen LogP) is 2.60. The Morgan fingerprint density at radius 1 is 1.41 bits per heavy atom. The van der Waals surface area contributed by atoms with Crippen LogP contribution in [0.1, 0.15) is 25.3 Å². The standard InChI is InChI=1S/C20H31N5O.HI/c1-4-6-7-13-24(3)20(21-5-2)23-15-17-8-10-18(11-9-17)25-14-12-22-19(26)16-25;/h4,8-11H,1,5-7,12-16H2,2-3H3,(H,21,23)(H,22,26);1H. The first-order valence-electron chi connectivity index (χ1n) is 9.35. The van der Waals surface area contributed by atoms with Gasteiger partial charge in [-0.1, -0.05) is 18.2 Å². The van der Waals surface area contributed by atoms with Crippen molar-refractivity contribution in [2.24, 2.45) is 4.99 Å². The molecule has 1 amide bonds. The number of allylic oxidation sites excluding steroid dienone is 1. The van der Waals surface area contributed by atoms with Gasteiger partial charge in [0.05, 0.1) is 13.1 Å². The molecule has 1 heterocycles. The van der Waals surface area contributed by atoms with E-state index in [4.69, 9.17) is 4.99 Å². The maximum atomic E-state index is 11.5. The molecule has 0 atom stereocenters. The Morgan fingerprint density at radius 3 is 2.78 bits per heavy atom. The molecule has 1 aromatic carbocycles. The summed E-state index contributed by atoms with van der Waals surface area (Å²) in [5.74, 6) is 1.01. The summed E-state index contributed by atoms with van der Waals surface area (Å²) < 4.78 is 0. The van der Waals surface area contributed by atoms with Crippen molar-refractivity contribution >= 4 is 41.5 Å². The second-order valence-corrected chi connectivity index (χ2v) is 6.46. The highest BCUT2D eigenvalue weighted by Gasteiger charge is 2.16. The van der Waals surface area contributed by atoms with E-state index in [1.165, 1.54) is 0 Å². The molecule has 0 spiro atoms. The highest BCUT2D eigenvalue weighted by molar-refractivity contribution is 14.0. The highest BCUT2D eigenvalue weighted by atomic mass is 127. The molecule has 1 aromatic rings. The molecule has 1 aliphatic heterocycles. The summed E-state index contributed by atoms with van der Waals surface area (Å²) >= 11 is 0. The average molecular weight is 485 g/mol. The van der Waals surface area contributed by atoms with Crippen LogP contribution >= 0.6 is 24.0 Å². The molecule has 0 bridgehead atoms. The minimum atomic E-state index is 0. The van der Waals surface area contributed by atoms with Gasteiger partial charge in [0.1, 0.15) is 0 Å². The van der Waals surface area contributed by atoms with E-state index in [-0.39, 0.29) is 29.9 Å². The fourth-order valence-electron chi connectivity index (χ4n) is 2.89. The number of aliphatic imine (C=N–C) groups is 1. The van der Waals surface area contributed by atoms with Gasteiger partial charge in [0.25, 0.3) is 0 Å². The monoisotopic (exact) mass is 485 g/mol. The lowest BCUT2D eigenvalue weighted by molar-refractivity contribution is -0.120. The molecule has 27 heavy (non-hydrogen) atoms. The molecule has 6 nitrogen and oxygen atoms in total. The second kappa shape index (κ2) is 12.6. The van der Waals surface area contributed by atoms with Gasteiger partial charge in [-0.2, -0.15) is 0 Å². The van der Waals surface area contributed by atoms with Gasteiger partial charge in [0, 0.05) is 38.9 Å². The molecule has 0 unspecified atom stereocenters. The molecular weight excluding hydrogens is 453 g/mol. The van der Waals surface area contributed by atoms with Crippen LogP contribution in [0, 0.1) is 0 Å². The van der Waals surface area contributed by atoms with Crippen molar-refractivity contribution in [1.29, 1.82) is 0 Å². The van der Waals surface area contributed by atoms with Crippen LogP contribution in [-0.2, 0) is 11.3 Å². The first kappa shape index (κ1) is 23.3. The van der Waals surface area contributed by atoms with Crippen LogP contribution in [0.5, 0.6) is 0 Å². The Hall–Kier alpha value is -1.77. The third kappa shape index (κ3) is 7.78. The van der Waals surface area contributed by atoms with E-state index in [1.807, 2.05) is 6.08 Å². The van der Waals surface area contributed by atoms with Crippen molar-refractivity contribution in [3.63, 3.8) is 0 Å². The summed E-state index contributed by atoms with van der Waals surface area (Å²) in [6, 6.07) is 8.33. The van der Waals surface area contributed by atoms with Gasteiger partial charge < -0.3 is 20.4 Å². The number of guanidine groups is 1. The molecule has 2 N–H and O–H groups in total. The lowest BCUT2D eigenvalue weighted by Gasteiger charge is -2.28. The van der Waals surface area contributed by atoms with Gasteiger partial charge in [0.15, 0.2) is 5.96 Å². The maximum absolute atomic E-state index is 11.5. The Morgan fingerprint density at radius 2 is 2.15 bits per heavy atom. The number of nitrogens with zero attached hydrogens (tertiary/aromatic N) is 3. The number of amides is 1. The van der Waals surface area contributed by atoms with Crippen LogP contribution in [0.2, 0.25) is 0 Å². The van der Waals surface area contributed by atoms with E-state index in [1.54, 1.807) is 0 Å². The van der Waals surface area contributed by atoms with Gasteiger partial charge in [-0.15, -0.1) is 30.6 Å². The number of hydrogen-bond donors (Lipinski definition) is 2. The van der Waals surface area contributed by atoms with E-state index in [9.17, 15) is 4.79 Å². The lowest BCUT2D eigenvalue weighted by atomic mass is 10.2. The summed E-state index contributed by atoms with van der Waals surface area (Å²) in [7, 11) is 2.06. The minimum Gasteiger partial charge on any atom is -0.360 e. The number of anilines is 1. The fraction of sp³-hybridized carbons (Fsp3) is 0.500. The zero-order chi connectivity index (χ0) is 18.8. The molecule has 1 aliphatic rings. The normalized spacial score (nSPS) is 14.2. The summed E-state index contributed by atoms with van der Waals surface area (Å²) in [5.41, 5.74) is 2.24. The number of halogens is 1. The van der Waals surface area contributed by atoms with E-state index in [0.29, 0.717) is 19.6 Å². The average Bonchev–Trinajstić information content (AvgIpc) is 2.65. The van der Waals surface area contributed by atoms with Gasteiger partial charge in [0.2, 0.25) is 5.91 Å². The molecule has 2 rings (SSSR count). The first-order chi connectivity index (χ1) is 12.6. The molecule has 150 valence electrons. The van der Waals surface area contributed by atoms with Crippen molar-refractivity contribution in [3.8, 4) is 0 Å². The summed E-state index contributed by atoms with van der Waals surface area (Å²) in [6.45, 7) is 10.3. The predicted molar refractivity (Wildman–Crippen MR) is 124 cm³/mol. The van der Waals surface area contributed by atoms with Gasteiger partial charge >= 0.3 is 0 Å². The van der Waals surface area contributed by atoms with E-state index >= 15 is 0 Å². The number of benzene rings is 1. The molecule has 0 radical (unpaired) electrons. The van der Waals surface area contributed by atoms with E-state index in [2.05, 4.69) is 65.2 Å². The largest absolute Gasteiger partial charge is 0.360 e. The molecule has 0 saturated carbocycles. The van der Waals surface area contributed by atoms with Gasteiger partial charge in [-0.05, 0) is 37.5 Å². The molecule has 1 saturated heterocycles. The third-order valence-corrected chi connectivity index (χ3v) is 4.35. The first-order valence-corrected chi connectivity index (χ1v) is 9.35. The van der Waals surface area contributed by atoms with Crippen LogP contribution in [-0.4, -0.2) is 56.5 Å². The lowest BCUT2D eigenvalue weighted by Crippen LogP contribution is -2.47. The molecular formula is C20H32IN5O. The number of hydrogen-bond acceptors (Lipinski definition) is 3. The smallest absolute Gasteiger partial charge is 0.239 e. The summed E-state index contributed by atoms with van der Waals surface area (Å²) in [6.07, 6.45) is 4.04. The quantitative estimate of drug-likeness (QED) is 0.196. The number of rotatable bonds is 8. The topological polar surface area (TPSA) is 60.0 Å². The summed E-state index contributed by atoms with van der Waals surface area (Å²) in [4.78, 5) is 20.5. The van der Waals surface area contributed by atoms with Crippen molar-refractivity contribution in [2.75, 3.05) is 44.7 Å². The molecule has 7 heteroatoms. The molecule has 0 aliphatic carbocycles. The number of nitrogens with one attached hydrogen (secondary N) is 2. The van der Waals surface area contributed by atoms with Crippen LogP contribution in [0.4, 0.5) is 5.69 Å². The van der Waals surface area contributed by atoms with Crippen molar-refractivity contribution < 1.29 is 4.79 Å². The number of unbranched alkanes of at least 4 members (excludes halogenated alkanes) is 1. The van der Waals surface area contributed by atoms with Crippen LogP contribution in [0.25, 0.3) is 0 Å².